The van der Waals surface area contributed by atoms with Gasteiger partial charge in [-0.25, -0.2) is 8.42 Å². The Balaban J connectivity index is 0.000000376. The Morgan fingerprint density at radius 2 is 0.857 bits per heavy atom. The van der Waals surface area contributed by atoms with E-state index in [2.05, 4.69) is 91.0 Å². The first kappa shape index (κ1) is 24.4. The van der Waals surface area contributed by atoms with Crippen molar-refractivity contribution in [3.05, 3.63) is 91.0 Å². The van der Waals surface area contributed by atoms with Crippen LogP contribution in [0.2, 0.25) is 0 Å². The van der Waals surface area contributed by atoms with Gasteiger partial charge in [0.15, 0.2) is 24.8 Å². The van der Waals surface area contributed by atoms with Crippen LogP contribution in [0.3, 0.4) is 0 Å². The molecule has 0 atom stereocenters. The number of alkyl halides is 3. The largest absolute Gasteiger partial charge is 0.741 e. The number of halogens is 3. The summed E-state index contributed by atoms with van der Waals surface area (Å²) in [4.78, 5) is 4.08. The average molecular weight is 599 g/mol. The minimum Gasteiger partial charge on any atom is -0.741 e. The third-order valence-electron chi connectivity index (χ3n) is 3.22. The van der Waals surface area contributed by atoms with Gasteiger partial charge in [0.05, 0.1) is 10.9 Å². The predicted molar refractivity (Wildman–Crippen MR) is 97.2 cm³/mol. The maximum atomic E-state index is 10.7. The van der Waals surface area contributed by atoms with Crippen molar-refractivity contribution in [2.24, 2.45) is 0 Å². The Bertz CT molecular complexity index is 843. The van der Waals surface area contributed by atoms with E-state index in [1.165, 1.54) is 14.7 Å². The van der Waals surface area contributed by atoms with Crippen LogP contribution >= 0.6 is 0 Å². The van der Waals surface area contributed by atoms with Gasteiger partial charge in [0.2, 0.25) is 0 Å². The summed E-state index contributed by atoms with van der Waals surface area (Å²) in [6.07, 6.45) is 0. The Kier molecular flexibility index (Phi) is 9.41. The molecule has 149 valence electrons. The van der Waals surface area contributed by atoms with Crippen molar-refractivity contribution in [3.8, 4) is 0 Å². The van der Waals surface area contributed by atoms with Crippen molar-refractivity contribution in [1.82, 2.24) is 0 Å². The molecule has 0 bridgehead atoms. The molecular formula is C19H15F3O3ReS2. The van der Waals surface area contributed by atoms with Gasteiger partial charge in [0.25, 0.3) is 0 Å². The molecule has 0 aliphatic carbocycles. The second kappa shape index (κ2) is 10.8. The molecule has 0 spiro atoms. The molecule has 28 heavy (non-hydrogen) atoms. The molecule has 0 heterocycles. The van der Waals surface area contributed by atoms with Crippen LogP contribution in [-0.2, 0) is 41.4 Å². The quantitative estimate of drug-likeness (QED) is 0.247. The molecule has 0 fully saturated rings. The van der Waals surface area contributed by atoms with Crippen LogP contribution in [0.5, 0.6) is 0 Å². The van der Waals surface area contributed by atoms with E-state index in [9.17, 15) is 13.2 Å². The summed E-state index contributed by atoms with van der Waals surface area (Å²) in [5.74, 6) is 0. The zero-order valence-electron chi connectivity index (χ0n) is 14.2. The van der Waals surface area contributed by atoms with Gasteiger partial charge in [-0.05, 0) is 36.4 Å². The fourth-order valence-electron chi connectivity index (χ4n) is 2.08. The second-order valence-corrected chi connectivity index (χ2v) is 8.54. The summed E-state index contributed by atoms with van der Waals surface area (Å²) in [5.41, 5.74) is -5.65. The molecule has 0 amide bonds. The summed E-state index contributed by atoms with van der Waals surface area (Å²) in [5, 5.41) is 0. The summed E-state index contributed by atoms with van der Waals surface area (Å²) in [6, 6.07) is 32.2. The van der Waals surface area contributed by atoms with Crippen molar-refractivity contribution in [2.45, 2.75) is 20.2 Å². The van der Waals surface area contributed by atoms with E-state index in [-0.39, 0.29) is 31.3 Å². The Hall–Kier alpha value is -1.63. The van der Waals surface area contributed by atoms with E-state index >= 15 is 0 Å². The number of benzene rings is 3. The summed E-state index contributed by atoms with van der Waals surface area (Å²) >= 11 is 0. The topological polar surface area (TPSA) is 57.2 Å². The fraction of sp³-hybridized carbons (Fsp3) is 0.0526. The Morgan fingerprint density at radius 3 is 1.04 bits per heavy atom. The van der Waals surface area contributed by atoms with E-state index in [4.69, 9.17) is 13.0 Å². The summed E-state index contributed by atoms with van der Waals surface area (Å²) < 4.78 is 58.9. The predicted octanol–water partition coefficient (Wildman–Crippen LogP) is 4.83. The van der Waals surface area contributed by atoms with E-state index in [1.54, 1.807) is 0 Å². The SMILES string of the molecule is O=S(=O)([O-])C(F)(F)F.[Re].c1ccc([S+](c2ccccc2)c2ccccc2)cc1. The van der Waals surface area contributed by atoms with Gasteiger partial charge in [-0.1, -0.05) is 54.6 Å². The number of rotatable bonds is 3. The van der Waals surface area contributed by atoms with Gasteiger partial charge in [-0.15, -0.1) is 0 Å². The van der Waals surface area contributed by atoms with Crippen LogP contribution in [-0.4, -0.2) is 18.5 Å². The second-order valence-electron chi connectivity index (χ2n) is 5.15. The fourth-order valence-corrected chi connectivity index (χ4v) is 4.18. The first-order valence-corrected chi connectivity index (χ1v) is 10.2. The van der Waals surface area contributed by atoms with Crippen LogP contribution in [0, 0.1) is 0 Å². The minimum absolute atomic E-state index is 0. The van der Waals surface area contributed by atoms with Gasteiger partial charge in [-0.3, -0.25) is 0 Å². The van der Waals surface area contributed by atoms with Gasteiger partial charge in [-0.2, -0.15) is 13.2 Å². The van der Waals surface area contributed by atoms with Gasteiger partial charge in [0.1, 0.15) is 0 Å². The molecule has 3 aromatic rings. The molecular weight excluding hydrogens is 584 g/mol. The average Bonchev–Trinajstić information content (AvgIpc) is 2.64. The molecule has 3 aromatic carbocycles. The Labute approximate surface area is 178 Å². The van der Waals surface area contributed by atoms with E-state index in [0.717, 1.165) is 0 Å². The van der Waals surface area contributed by atoms with Crippen molar-refractivity contribution in [3.63, 3.8) is 0 Å². The molecule has 0 saturated carbocycles. The van der Waals surface area contributed by atoms with Crippen molar-refractivity contribution in [1.29, 1.82) is 0 Å². The van der Waals surface area contributed by atoms with Crippen LogP contribution in [0.15, 0.2) is 106 Å². The van der Waals surface area contributed by atoms with Gasteiger partial charge < -0.3 is 4.55 Å². The molecule has 3 rings (SSSR count). The maximum absolute atomic E-state index is 10.7. The monoisotopic (exact) mass is 599 g/mol. The van der Waals surface area contributed by atoms with E-state index < -0.39 is 15.6 Å². The Morgan fingerprint density at radius 1 is 0.643 bits per heavy atom. The van der Waals surface area contributed by atoms with Crippen LogP contribution < -0.4 is 0 Å². The zero-order valence-corrected chi connectivity index (χ0v) is 18.6. The normalized spacial score (nSPS) is 11.2. The molecule has 0 aliphatic rings. The third kappa shape index (κ3) is 7.08. The molecule has 9 heteroatoms. The third-order valence-corrected chi connectivity index (χ3v) is 6.02. The molecule has 3 nitrogen and oxygen atoms in total. The molecule has 1 radical (unpaired) electrons. The maximum Gasteiger partial charge on any atom is 0.485 e. The van der Waals surface area contributed by atoms with E-state index in [0.29, 0.717) is 0 Å². The molecule has 0 aliphatic heterocycles. The first-order valence-electron chi connectivity index (χ1n) is 7.62. The van der Waals surface area contributed by atoms with E-state index in [1.807, 2.05) is 0 Å². The van der Waals surface area contributed by atoms with Crippen LogP contribution in [0.4, 0.5) is 13.2 Å². The molecule has 0 N–H and O–H groups in total. The van der Waals surface area contributed by atoms with Crippen molar-refractivity contribution >= 4 is 21.0 Å². The zero-order chi connectivity index (χ0) is 19.9. The minimum atomic E-state index is -6.09. The van der Waals surface area contributed by atoms with Crippen LogP contribution in [0.1, 0.15) is 0 Å². The standard InChI is InChI=1S/C18H15S.CHF3O3S.Re/c1-4-10-16(11-5-1)19(17-12-6-2-7-13-17)18-14-8-3-9-15-18;2-1(3,4)8(5,6)7;/h1-15H;(H,5,6,7);/q+1;;/p-1. The van der Waals surface area contributed by atoms with Gasteiger partial charge >= 0.3 is 5.51 Å². The number of hydrogen-bond acceptors (Lipinski definition) is 3. The van der Waals surface area contributed by atoms with Crippen LogP contribution in [0.25, 0.3) is 0 Å². The molecule has 0 saturated heterocycles. The van der Waals surface area contributed by atoms with Gasteiger partial charge in [0, 0.05) is 20.4 Å². The molecule has 0 aromatic heterocycles. The molecule has 0 unspecified atom stereocenters. The summed E-state index contributed by atoms with van der Waals surface area (Å²) in [7, 11) is -6.10. The smallest absolute Gasteiger partial charge is 0.485 e. The van der Waals surface area contributed by atoms with Crippen molar-refractivity contribution < 1.29 is 46.6 Å². The first-order chi connectivity index (χ1) is 12.7. The summed E-state index contributed by atoms with van der Waals surface area (Å²) in [6.45, 7) is 0. The number of hydrogen-bond donors (Lipinski definition) is 0. The van der Waals surface area contributed by atoms with Crippen molar-refractivity contribution in [2.75, 3.05) is 0 Å².